The fraction of sp³-hybridized carbons (Fsp3) is 0.412. The van der Waals surface area contributed by atoms with Crippen LogP contribution in [0, 0.1) is 23.5 Å². The molecule has 1 saturated carbocycles. The van der Waals surface area contributed by atoms with Gasteiger partial charge in [-0.3, -0.25) is 9.59 Å². The number of carboxylic acids is 1. The molecule has 0 radical (unpaired) electrons. The summed E-state index contributed by atoms with van der Waals surface area (Å²) in [7, 11) is -4.26. The summed E-state index contributed by atoms with van der Waals surface area (Å²) in [6.45, 7) is -0.581. The number of amides is 1. The van der Waals surface area contributed by atoms with Crippen LogP contribution < -0.4 is 4.74 Å². The van der Waals surface area contributed by atoms with Crippen LogP contribution in [0.2, 0.25) is 0 Å². The number of carbonyl (C=O) groups excluding carboxylic acids is 1. The lowest BCUT2D eigenvalue weighted by Gasteiger charge is -2.43. The molecule has 250 valence electrons. The van der Waals surface area contributed by atoms with Gasteiger partial charge in [0.1, 0.15) is 28.7 Å². The third-order valence-electron chi connectivity index (χ3n) is 9.98. The summed E-state index contributed by atoms with van der Waals surface area (Å²) in [6, 6.07) is 10.9. The van der Waals surface area contributed by atoms with Crippen molar-refractivity contribution in [2.45, 2.75) is 73.4 Å². The molecule has 3 aromatic rings. The molecular weight excluding hydrogens is 645 g/mol. The minimum atomic E-state index is -4.80. The summed E-state index contributed by atoms with van der Waals surface area (Å²) in [6.07, 6.45) is -2.71. The van der Waals surface area contributed by atoms with E-state index in [-0.39, 0.29) is 35.9 Å². The van der Waals surface area contributed by atoms with E-state index in [2.05, 4.69) is 0 Å². The highest BCUT2D eigenvalue weighted by Crippen LogP contribution is 2.54. The molecular formula is C34H32F5NO6S. The zero-order valence-corrected chi connectivity index (χ0v) is 25.9. The van der Waals surface area contributed by atoms with E-state index in [9.17, 15) is 45.1 Å². The van der Waals surface area contributed by atoms with Gasteiger partial charge in [-0.05, 0) is 105 Å². The first-order chi connectivity index (χ1) is 22.2. The monoisotopic (exact) mass is 677 g/mol. The molecule has 2 aliphatic carbocycles. The Morgan fingerprint density at radius 2 is 1.62 bits per heavy atom. The number of alkyl halides is 3. The van der Waals surface area contributed by atoms with E-state index in [1.54, 1.807) is 11.0 Å². The summed E-state index contributed by atoms with van der Waals surface area (Å²) >= 11 is 0. The van der Waals surface area contributed by atoms with Crippen molar-refractivity contribution in [3.8, 4) is 5.75 Å². The Bertz CT molecular complexity index is 1800. The number of aliphatic carboxylic acids is 1. The van der Waals surface area contributed by atoms with Gasteiger partial charge in [0, 0.05) is 18.0 Å². The molecule has 1 aliphatic heterocycles. The van der Waals surface area contributed by atoms with Crippen molar-refractivity contribution < 1.29 is 49.8 Å². The van der Waals surface area contributed by atoms with Gasteiger partial charge in [0.2, 0.25) is 5.91 Å². The van der Waals surface area contributed by atoms with E-state index < -0.39 is 74.0 Å². The minimum Gasteiger partial charge on any atom is -0.489 e. The lowest BCUT2D eigenvalue weighted by atomic mass is 9.77. The van der Waals surface area contributed by atoms with Crippen LogP contribution in [0.1, 0.15) is 60.8 Å². The van der Waals surface area contributed by atoms with Gasteiger partial charge >= 0.3 is 12.1 Å². The van der Waals surface area contributed by atoms with Gasteiger partial charge < -0.3 is 14.7 Å². The molecule has 1 amide bonds. The molecule has 2 fully saturated rings. The predicted molar refractivity (Wildman–Crippen MR) is 159 cm³/mol. The smallest absolute Gasteiger partial charge is 0.416 e. The summed E-state index contributed by atoms with van der Waals surface area (Å²) in [5.41, 5.74) is -0.840. The van der Waals surface area contributed by atoms with Crippen molar-refractivity contribution in [3.05, 3.63) is 94.6 Å². The fourth-order valence-electron chi connectivity index (χ4n) is 7.63. The Hall–Kier alpha value is -4.00. The van der Waals surface area contributed by atoms with E-state index in [0.29, 0.717) is 43.2 Å². The largest absolute Gasteiger partial charge is 0.489 e. The Labute approximate surface area is 268 Å². The van der Waals surface area contributed by atoms with Gasteiger partial charge in [-0.25, -0.2) is 17.2 Å². The molecule has 2 atom stereocenters. The van der Waals surface area contributed by atoms with E-state index in [1.165, 1.54) is 24.3 Å². The second-order valence-electron chi connectivity index (χ2n) is 12.4. The number of nitrogens with zero attached hydrogens (tertiary/aromatic N) is 1. The number of carbonyl (C=O) groups is 2. The number of likely N-dealkylation sites (tertiary alicyclic amines) is 1. The van der Waals surface area contributed by atoms with E-state index in [0.717, 1.165) is 30.3 Å². The third kappa shape index (κ3) is 5.76. The van der Waals surface area contributed by atoms with Gasteiger partial charge in [-0.1, -0.05) is 12.1 Å². The van der Waals surface area contributed by atoms with Gasteiger partial charge in [-0.15, -0.1) is 0 Å². The lowest BCUT2D eigenvalue weighted by Crippen LogP contribution is -2.53. The SMILES string of the molecule is O=C(O)C1CCC(C(=O)N2CC[C@@]3(S(=O)(=O)c4ccc(F)cc4)c4ccc(OCc5c(F)cccc5C(F)(F)F)cc4CC[C@@H]23)CC1. The maximum absolute atomic E-state index is 14.6. The van der Waals surface area contributed by atoms with Gasteiger partial charge in [0.25, 0.3) is 0 Å². The van der Waals surface area contributed by atoms with Crippen molar-refractivity contribution in [1.29, 1.82) is 0 Å². The molecule has 1 N–H and O–H groups in total. The van der Waals surface area contributed by atoms with Crippen LogP contribution in [0.25, 0.3) is 0 Å². The molecule has 7 nitrogen and oxygen atoms in total. The highest BCUT2D eigenvalue weighted by Gasteiger charge is 2.61. The fourth-order valence-corrected chi connectivity index (χ4v) is 10.00. The van der Waals surface area contributed by atoms with Crippen molar-refractivity contribution in [2.75, 3.05) is 6.54 Å². The van der Waals surface area contributed by atoms with Crippen LogP contribution in [0.4, 0.5) is 22.0 Å². The number of sulfone groups is 1. The number of ether oxygens (including phenoxy) is 1. The molecule has 0 unspecified atom stereocenters. The summed E-state index contributed by atoms with van der Waals surface area (Å²) in [5, 5.41) is 9.38. The number of aryl methyl sites for hydroxylation is 1. The van der Waals surface area contributed by atoms with Gasteiger partial charge in [-0.2, -0.15) is 13.2 Å². The molecule has 1 saturated heterocycles. The third-order valence-corrected chi connectivity index (χ3v) is 12.5. The highest BCUT2D eigenvalue weighted by molar-refractivity contribution is 7.92. The summed E-state index contributed by atoms with van der Waals surface area (Å²) in [5.74, 6) is -3.65. The standard InChI is InChI=1S/C34H32F5NO6S/c35-23-9-12-25(13-10-23)47(44,45)33-16-17-40(31(41)20-4-6-21(7-5-20)32(42)43)30(33)15-8-22-18-24(11-14-27(22)33)46-19-26-28(34(37,38)39)2-1-3-29(26)36/h1-3,9-14,18,20-21,30H,4-8,15-17,19H2,(H,42,43)/t20?,21?,30-,33-/m1/s1. The van der Waals surface area contributed by atoms with E-state index in [4.69, 9.17) is 4.74 Å². The highest BCUT2D eigenvalue weighted by atomic mass is 32.2. The first-order valence-corrected chi connectivity index (χ1v) is 16.9. The number of hydrogen-bond donors (Lipinski definition) is 1. The Balaban J connectivity index is 1.35. The number of hydrogen-bond acceptors (Lipinski definition) is 5. The summed E-state index contributed by atoms with van der Waals surface area (Å²) in [4.78, 5) is 26.8. The maximum atomic E-state index is 14.6. The first kappa shape index (κ1) is 32.9. The average Bonchev–Trinajstić information content (AvgIpc) is 3.45. The predicted octanol–water partition coefficient (Wildman–Crippen LogP) is 6.67. The van der Waals surface area contributed by atoms with Crippen LogP contribution in [0.5, 0.6) is 5.75 Å². The second kappa shape index (κ2) is 12.2. The Kier molecular flexibility index (Phi) is 8.56. The molecule has 0 aromatic heterocycles. The number of fused-ring (bicyclic) bond motifs is 3. The topological polar surface area (TPSA) is 101 Å². The molecule has 3 aliphatic rings. The van der Waals surface area contributed by atoms with Crippen molar-refractivity contribution >= 4 is 21.7 Å². The van der Waals surface area contributed by atoms with Crippen LogP contribution in [-0.4, -0.2) is 42.9 Å². The van der Waals surface area contributed by atoms with Crippen LogP contribution in [-0.2, 0) is 43.4 Å². The first-order valence-electron chi connectivity index (χ1n) is 15.4. The summed E-state index contributed by atoms with van der Waals surface area (Å²) < 4.78 is 102. The Morgan fingerprint density at radius 1 is 0.936 bits per heavy atom. The van der Waals surface area contributed by atoms with Crippen LogP contribution >= 0.6 is 0 Å². The molecule has 6 rings (SSSR count). The normalized spacial score (nSPS) is 24.4. The van der Waals surface area contributed by atoms with E-state index in [1.807, 2.05) is 0 Å². The molecule has 0 bridgehead atoms. The van der Waals surface area contributed by atoms with Crippen LogP contribution in [0.3, 0.4) is 0 Å². The van der Waals surface area contributed by atoms with Crippen LogP contribution in [0.15, 0.2) is 65.6 Å². The van der Waals surface area contributed by atoms with Crippen molar-refractivity contribution in [1.82, 2.24) is 4.90 Å². The van der Waals surface area contributed by atoms with E-state index >= 15 is 0 Å². The zero-order valence-electron chi connectivity index (χ0n) is 25.1. The average molecular weight is 678 g/mol. The van der Waals surface area contributed by atoms with Crippen molar-refractivity contribution in [3.63, 3.8) is 0 Å². The minimum absolute atomic E-state index is 0.0466. The number of carboxylic acid groups (broad SMARTS) is 1. The second-order valence-corrected chi connectivity index (χ2v) is 14.6. The Morgan fingerprint density at radius 3 is 2.28 bits per heavy atom. The zero-order chi connectivity index (χ0) is 33.7. The number of halogens is 5. The quantitative estimate of drug-likeness (QED) is 0.222. The maximum Gasteiger partial charge on any atom is 0.416 e. The molecule has 1 heterocycles. The van der Waals surface area contributed by atoms with Gasteiger partial charge in [0.15, 0.2) is 9.84 Å². The molecule has 47 heavy (non-hydrogen) atoms. The number of rotatable bonds is 7. The molecule has 3 aromatic carbocycles. The van der Waals surface area contributed by atoms with Gasteiger partial charge in [0.05, 0.1) is 22.4 Å². The van der Waals surface area contributed by atoms with Crippen molar-refractivity contribution in [2.24, 2.45) is 11.8 Å². The molecule has 0 spiro atoms. The number of benzene rings is 3. The molecule has 13 heteroatoms. The lowest BCUT2D eigenvalue weighted by molar-refractivity contribution is -0.146.